The van der Waals surface area contributed by atoms with Crippen LogP contribution in [0.1, 0.15) is 60.6 Å². The van der Waals surface area contributed by atoms with Gasteiger partial charge in [0.25, 0.3) is 5.91 Å². The van der Waals surface area contributed by atoms with Gasteiger partial charge in [0.2, 0.25) is 0 Å². The lowest BCUT2D eigenvalue weighted by Gasteiger charge is -2.22. The van der Waals surface area contributed by atoms with Crippen molar-refractivity contribution in [2.75, 3.05) is 13.1 Å². The molecule has 4 rings (SSSR count). The summed E-state index contributed by atoms with van der Waals surface area (Å²) in [6, 6.07) is 7.06. The largest absolute Gasteiger partial charge is 0.390 e. The number of hydrogen-bond acceptors (Lipinski definition) is 5. The lowest BCUT2D eigenvalue weighted by atomic mass is 9.98. The Morgan fingerprint density at radius 2 is 1.97 bits per heavy atom. The van der Waals surface area contributed by atoms with Crippen LogP contribution in [0.25, 0.3) is 11.3 Å². The van der Waals surface area contributed by atoms with E-state index in [4.69, 9.17) is 11.6 Å². The molecule has 1 aliphatic heterocycles. The van der Waals surface area contributed by atoms with Gasteiger partial charge in [-0.2, -0.15) is 5.10 Å². The maximum absolute atomic E-state index is 12.9. The fourth-order valence-electron chi connectivity index (χ4n) is 4.68. The van der Waals surface area contributed by atoms with Crippen LogP contribution >= 0.6 is 11.6 Å². The number of aryl methyl sites for hydroxylation is 1. The molecule has 4 N–H and O–H groups in total. The van der Waals surface area contributed by atoms with E-state index in [9.17, 15) is 15.0 Å². The van der Waals surface area contributed by atoms with E-state index in [1.165, 1.54) is 12.8 Å². The predicted octanol–water partition coefficient (Wildman–Crippen LogP) is 3.04. The summed E-state index contributed by atoms with van der Waals surface area (Å²) in [7, 11) is 0. The number of nitrogens with one attached hydrogen (secondary N) is 2. The van der Waals surface area contributed by atoms with Crippen LogP contribution in [0, 0.1) is 12.8 Å². The Kier molecular flexibility index (Phi) is 6.96. The zero-order valence-electron chi connectivity index (χ0n) is 17.9. The van der Waals surface area contributed by atoms with Crippen LogP contribution in [0.2, 0.25) is 5.02 Å². The van der Waals surface area contributed by atoms with E-state index < -0.39 is 12.3 Å². The minimum Gasteiger partial charge on any atom is -0.390 e. The third kappa shape index (κ3) is 4.95. The number of aliphatic hydroxyl groups excluding tert-OH is 2. The molecule has 0 bridgehead atoms. The maximum Gasteiger partial charge on any atom is 0.254 e. The van der Waals surface area contributed by atoms with Crippen LogP contribution in [-0.4, -0.2) is 51.3 Å². The maximum atomic E-state index is 12.9. The molecule has 7 nitrogen and oxygen atoms in total. The normalized spacial score (nSPS) is 23.5. The van der Waals surface area contributed by atoms with Gasteiger partial charge in [-0.3, -0.25) is 9.48 Å². The van der Waals surface area contributed by atoms with Gasteiger partial charge in [0.05, 0.1) is 28.4 Å². The molecule has 168 valence electrons. The van der Waals surface area contributed by atoms with Crippen LogP contribution in [0.5, 0.6) is 0 Å². The van der Waals surface area contributed by atoms with Gasteiger partial charge in [0.15, 0.2) is 0 Å². The van der Waals surface area contributed by atoms with Crippen molar-refractivity contribution in [3.8, 4) is 11.3 Å². The molecule has 2 aliphatic rings. The molecule has 1 saturated carbocycles. The predicted molar refractivity (Wildman–Crippen MR) is 120 cm³/mol. The van der Waals surface area contributed by atoms with Crippen molar-refractivity contribution >= 4 is 17.5 Å². The van der Waals surface area contributed by atoms with Gasteiger partial charge >= 0.3 is 0 Å². The number of carbonyl (C=O) groups excluding carboxylic acids is 1. The third-order valence-electron chi connectivity index (χ3n) is 6.52. The highest BCUT2D eigenvalue weighted by molar-refractivity contribution is 6.34. The average molecular weight is 447 g/mol. The number of aromatic nitrogens is 2. The van der Waals surface area contributed by atoms with Crippen LogP contribution in [0.15, 0.2) is 24.3 Å². The SMILES string of the molecule is Cc1cc(-c2ccc(Cl)c(C(=O)NC(O)C3CCCCCC3)c2)nn1C1CNCC1O. The Bertz CT molecular complexity index is 924. The minimum atomic E-state index is -0.872. The Balaban J connectivity index is 1.52. The van der Waals surface area contributed by atoms with Crippen LogP contribution in [-0.2, 0) is 0 Å². The number of nitrogens with zero attached hydrogens (tertiary/aromatic N) is 2. The van der Waals surface area contributed by atoms with Gasteiger partial charge < -0.3 is 20.8 Å². The van der Waals surface area contributed by atoms with Gasteiger partial charge in [-0.25, -0.2) is 0 Å². The van der Waals surface area contributed by atoms with Crippen molar-refractivity contribution in [3.05, 3.63) is 40.5 Å². The molecule has 0 spiro atoms. The fourth-order valence-corrected chi connectivity index (χ4v) is 4.88. The van der Waals surface area contributed by atoms with Crippen LogP contribution < -0.4 is 10.6 Å². The second-order valence-corrected chi connectivity index (χ2v) is 9.18. The number of hydrogen-bond donors (Lipinski definition) is 4. The number of rotatable bonds is 5. The second-order valence-electron chi connectivity index (χ2n) is 8.77. The summed E-state index contributed by atoms with van der Waals surface area (Å²) in [5, 5.41) is 31.7. The molecule has 3 unspecified atom stereocenters. The van der Waals surface area contributed by atoms with Crippen molar-refractivity contribution in [2.45, 2.75) is 63.8 Å². The van der Waals surface area contributed by atoms with Crippen molar-refractivity contribution in [1.82, 2.24) is 20.4 Å². The van der Waals surface area contributed by atoms with Crippen molar-refractivity contribution in [1.29, 1.82) is 0 Å². The van der Waals surface area contributed by atoms with Crippen molar-refractivity contribution < 1.29 is 15.0 Å². The van der Waals surface area contributed by atoms with E-state index >= 15 is 0 Å². The molecule has 2 heterocycles. The summed E-state index contributed by atoms with van der Waals surface area (Å²) in [6.07, 6.45) is 5.03. The van der Waals surface area contributed by atoms with Crippen LogP contribution in [0.4, 0.5) is 0 Å². The van der Waals surface area contributed by atoms with Gasteiger partial charge in [-0.15, -0.1) is 0 Å². The summed E-state index contributed by atoms with van der Waals surface area (Å²) in [5.74, 6) is -0.298. The van der Waals surface area contributed by atoms with E-state index in [1.807, 2.05) is 23.7 Å². The first-order valence-corrected chi connectivity index (χ1v) is 11.6. The summed E-state index contributed by atoms with van der Waals surface area (Å²) in [5.41, 5.74) is 2.74. The van der Waals surface area contributed by atoms with Crippen molar-refractivity contribution in [2.24, 2.45) is 5.92 Å². The average Bonchev–Trinajstić information content (AvgIpc) is 3.22. The molecular weight excluding hydrogens is 416 g/mol. The Morgan fingerprint density at radius 1 is 1.23 bits per heavy atom. The Labute approximate surface area is 187 Å². The number of aliphatic hydroxyl groups is 2. The molecular formula is C23H31ClN4O3. The van der Waals surface area contributed by atoms with E-state index in [1.54, 1.807) is 12.1 Å². The quantitative estimate of drug-likeness (QED) is 0.418. The second kappa shape index (κ2) is 9.69. The molecule has 2 aromatic rings. The fraction of sp³-hybridized carbons (Fsp3) is 0.565. The molecule has 3 atom stereocenters. The molecule has 1 aromatic carbocycles. The molecule has 1 aromatic heterocycles. The number of β-amino-alcohol motifs (C(OH)–C–C–N with tert-alkyl or cyclic N) is 1. The van der Waals surface area contributed by atoms with Gasteiger partial charge in [0.1, 0.15) is 6.23 Å². The van der Waals surface area contributed by atoms with E-state index in [0.29, 0.717) is 29.4 Å². The lowest BCUT2D eigenvalue weighted by Crippen LogP contribution is -2.40. The van der Waals surface area contributed by atoms with E-state index in [2.05, 4.69) is 15.7 Å². The molecule has 8 heteroatoms. The number of amides is 1. The van der Waals surface area contributed by atoms with Crippen molar-refractivity contribution in [3.63, 3.8) is 0 Å². The standard InChI is InChI=1S/C23H31ClN4O3/c1-14-10-19(27-28(14)20-12-25-13-21(20)29)16-8-9-18(24)17(11-16)23(31)26-22(30)15-6-4-2-3-5-7-15/h8-11,15,20-22,25,29-30H,2-7,12-13H2,1H3,(H,26,31). The zero-order valence-corrected chi connectivity index (χ0v) is 18.6. The molecule has 1 saturated heterocycles. The van der Waals surface area contributed by atoms with E-state index in [-0.39, 0.29) is 17.9 Å². The topological polar surface area (TPSA) is 99.4 Å². The highest BCUT2D eigenvalue weighted by Crippen LogP contribution is 2.28. The monoisotopic (exact) mass is 446 g/mol. The smallest absolute Gasteiger partial charge is 0.254 e. The Morgan fingerprint density at radius 3 is 2.65 bits per heavy atom. The molecule has 1 amide bonds. The number of carbonyl (C=O) groups is 1. The highest BCUT2D eigenvalue weighted by Gasteiger charge is 2.29. The lowest BCUT2D eigenvalue weighted by molar-refractivity contribution is 0.0532. The van der Waals surface area contributed by atoms with E-state index in [0.717, 1.165) is 36.9 Å². The first kappa shape index (κ1) is 22.3. The van der Waals surface area contributed by atoms with Gasteiger partial charge in [-0.05, 0) is 38.0 Å². The first-order valence-electron chi connectivity index (χ1n) is 11.2. The minimum absolute atomic E-state index is 0.0817. The number of halogens is 1. The first-order chi connectivity index (χ1) is 14.9. The van der Waals surface area contributed by atoms with Gasteiger partial charge in [-0.1, -0.05) is 43.4 Å². The molecule has 31 heavy (non-hydrogen) atoms. The summed E-state index contributed by atoms with van der Waals surface area (Å²) >= 11 is 6.32. The summed E-state index contributed by atoms with van der Waals surface area (Å²) in [4.78, 5) is 12.9. The highest BCUT2D eigenvalue weighted by atomic mass is 35.5. The molecule has 0 radical (unpaired) electrons. The molecule has 1 aliphatic carbocycles. The summed E-state index contributed by atoms with van der Waals surface area (Å²) < 4.78 is 1.84. The third-order valence-corrected chi connectivity index (χ3v) is 6.85. The Hall–Kier alpha value is -1.93. The number of benzene rings is 1. The molecule has 2 fully saturated rings. The zero-order chi connectivity index (χ0) is 22.0. The van der Waals surface area contributed by atoms with Crippen LogP contribution in [0.3, 0.4) is 0 Å². The summed E-state index contributed by atoms with van der Waals surface area (Å²) in [6.45, 7) is 3.17. The van der Waals surface area contributed by atoms with Gasteiger partial charge in [0, 0.05) is 30.3 Å².